The first kappa shape index (κ1) is 20.9. The van der Waals surface area contributed by atoms with Crippen molar-refractivity contribution >= 4 is 15.9 Å². The maximum absolute atomic E-state index is 12.5. The van der Waals surface area contributed by atoms with Crippen LogP contribution in [-0.4, -0.2) is 37.3 Å². The van der Waals surface area contributed by atoms with E-state index >= 15 is 0 Å². The summed E-state index contributed by atoms with van der Waals surface area (Å²) < 4.78 is 26.6. The van der Waals surface area contributed by atoms with Gasteiger partial charge in [-0.2, -0.15) is 0 Å². The third kappa shape index (κ3) is 5.27. The lowest BCUT2D eigenvalue weighted by molar-refractivity contribution is -0.122. The van der Waals surface area contributed by atoms with Gasteiger partial charge >= 0.3 is 0 Å². The largest absolute Gasteiger partial charge is 0.348 e. The predicted octanol–water partition coefficient (Wildman–Crippen LogP) is 1.76. The molecule has 1 amide bonds. The molecule has 1 aromatic carbocycles. The molecule has 0 unspecified atom stereocenters. The molecule has 2 rings (SSSR count). The molecule has 0 aliphatic rings. The fourth-order valence-corrected chi connectivity index (χ4v) is 3.61. The van der Waals surface area contributed by atoms with Crippen LogP contribution >= 0.6 is 0 Å². The number of carbonyl (C=O) groups is 1. The molecule has 8 heteroatoms. The molecule has 0 radical (unpaired) electrons. The summed E-state index contributed by atoms with van der Waals surface area (Å²) in [6.07, 6.45) is 2.85. The highest BCUT2D eigenvalue weighted by molar-refractivity contribution is 7.89. The van der Waals surface area contributed by atoms with Gasteiger partial charge in [0.1, 0.15) is 6.54 Å². The molecule has 1 N–H and O–H groups in total. The van der Waals surface area contributed by atoms with Gasteiger partial charge in [-0.3, -0.25) is 9.59 Å². The Labute approximate surface area is 159 Å². The SMILES string of the molecule is CCC[C@H](NC(=O)Cn1cc(S(=O)(=O)N(C)C)ccc1=O)c1ccccc1. The lowest BCUT2D eigenvalue weighted by Crippen LogP contribution is -2.35. The highest BCUT2D eigenvalue weighted by Crippen LogP contribution is 2.18. The van der Waals surface area contributed by atoms with Crippen LogP contribution < -0.4 is 10.9 Å². The Balaban J connectivity index is 2.21. The van der Waals surface area contributed by atoms with E-state index in [9.17, 15) is 18.0 Å². The summed E-state index contributed by atoms with van der Waals surface area (Å²) in [5.41, 5.74) is 0.554. The molecule has 1 atom stereocenters. The number of sulfonamides is 1. The fraction of sp³-hybridized carbons (Fsp3) is 0.368. The summed E-state index contributed by atoms with van der Waals surface area (Å²) >= 11 is 0. The van der Waals surface area contributed by atoms with Crippen LogP contribution in [0.25, 0.3) is 0 Å². The van der Waals surface area contributed by atoms with Crippen LogP contribution in [0.3, 0.4) is 0 Å². The molecule has 0 aliphatic heterocycles. The lowest BCUT2D eigenvalue weighted by atomic mass is 10.0. The topological polar surface area (TPSA) is 88.5 Å². The number of hydrogen-bond acceptors (Lipinski definition) is 4. The van der Waals surface area contributed by atoms with E-state index < -0.39 is 15.6 Å². The third-order valence-corrected chi connectivity index (χ3v) is 5.96. The molecule has 0 bridgehead atoms. The molecule has 146 valence electrons. The van der Waals surface area contributed by atoms with Gasteiger partial charge in [0.05, 0.1) is 10.9 Å². The average Bonchev–Trinajstić information content (AvgIpc) is 2.63. The van der Waals surface area contributed by atoms with Crippen molar-refractivity contribution in [2.45, 2.75) is 37.2 Å². The van der Waals surface area contributed by atoms with Crippen molar-refractivity contribution in [2.75, 3.05) is 14.1 Å². The normalized spacial score (nSPS) is 12.7. The van der Waals surface area contributed by atoms with Gasteiger partial charge in [0.2, 0.25) is 15.9 Å². The van der Waals surface area contributed by atoms with Gasteiger partial charge in [0.15, 0.2) is 0 Å². The van der Waals surface area contributed by atoms with E-state index in [0.717, 1.165) is 33.3 Å². The zero-order valence-corrected chi connectivity index (χ0v) is 16.6. The molecular weight excluding hydrogens is 366 g/mol. The molecule has 0 saturated carbocycles. The predicted molar refractivity (Wildman–Crippen MR) is 104 cm³/mol. The Bertz CT molecular complexity index is 937. The smallest absolute Gasteiger partial charge is 0.251 e. The molecule has 0 spiro atoms. The summed E-state index contributed by atoms with van der Waals surface area (Å²) in [5.74, 6) is -0.348. The second-order valence-electron chi connectivity index (χ2n) is 6.44. The van der Waals surface area contributed by atoms with Crippen molar-refractivity contribution in [3.8, 4) is 0 Å². The number of nitrogens with one attached hydrogen (secondary N) is 1. The minimum Gasteiger partial charge on any atom is -0.348 e. The zero-order chi connectivity index (χ0) is 20.0. The molecule has 0 aliphatic carbocycles. The van der Waals surface area contributed by atoms with E-state index in [1.54, 1.807) is 0 Å². The first-order valence-corrected chi connectivity index (χ1v) is 10.2. The van der Waals surface area contributed by atoms with Crippen molar-refractivity contribution < 1.29 is 13.2 Å². The monoisotopic (exact) mass is 391 g/mol. The molecule has 27 heavy (non-hydrogen) atoms. The van der Waals surface area contributed by atoms with E-state index in [0.29, 0.717) is 0 Å². The van der Waals surface area contributed by atoms with E-state index in [4.69, 9.17) is 0 Å². The van der Waals surface area contributed by atoms with Gasteiger partial charge in [0, 0.05) is 26.4 Å². The lowest BCUT2D eigenvalue weighted by Gasteiger charge is -2.19. The number of rotatable bonds is 8. The van der Waals surface area contributed by atoms with E-state index in [2.05, 4.69) is 5.32 Å². The second kappa shape index (κ2) is 8.96. The quantitative estimate of drug-likeness (QED) is 0.743. The van der Waals surface area contributed by atoms with Gasteiger partial charge < -0.3 is 9.88 Å². The van der Waals surface area contributed by atoms with Crippen LogP contribution in [0, 0.1) is 0 Å². The van der Waals surface area contributed by atoms with Gasteiger partial charge in [-0.25, -0.2) is 12.7 Å². The minimum atomic E-state index is -3.68. The summed E-state index contributed by atoms with van der Waals surface area (Å²) in [6.45, 7) is 1.78. The Kier molecular flexibility index (Phi) is 6.92. The molecule has 0 saturated heterocycles. The Hall–Kier alpha value is -2.45. The standard InChI is InChI=1S/C19H25N3O4S/c1-4-8-17(15-9-6-5-7-10-15)20-18(23)14-22-13-16(11-12-19(22)24)27(25,26)21(2)3/h5-7,9-13,17H,4,8,14H2,1-3H3,(H,20,23)/t17-/m0/s1. The number of pyridine rings is 1. The summed E-state index contributed by atoms with van der Waals surface area (Å²) in [6, 6.07) is 11.8. The van der Waals surface area contributed by atoms with Crippen molar-refractivity contribution in [1.29, 1.82) is 0 Å². The van der Waals surface area contributed by atoms with Gasteiger partial charge in [-0.1, -0.05) is 43.7 Å². The molecule has 1 heterocycles. The third-order valence-electron chi connectivity index (χ3n) is 4.16. The summed E-state index contributed by atoms with van der Waals surface area (Å²) in [7, 11) is -0.866. The Morgan fingerprint density at radius 2 is 1.81 bits per heavy atom. The van der Waals surface area contributed by atoms with Crippen molar-refractivity contribution in [1.82, 2.24) is 14.2 Å². The zero-order valence-electron chi connectivity index (χ0n) is 15.8. The number of carbonyl (C=O) groups excluding carboxylic acids is 1. The highest BCUT2D eigenvalue weighted by atomic mass is 32.2. The minimum absolute atomic E-state index is 0.0342. The number of nitrogens with zero attached hydrogens (tertiary/aromatic N) is 2. The Morgan fingerprint density at radius 1 is 1.15 bits per heavy atom. The maximum Gasteiger partial charge on any atom is 0.251 e. The van der Waals surface area contributed by atoms with Crippen LogP contribution in [0.4, 0.5) is 0 Å². The van der Waals surface area contributed by atoms with E-state index in [1.807, 2.05) is 37.3 Å². The summed E-state index contributed by atoms with van der Waals surface area (Å²) in [4.78, 5) is 24.5. The molecule has 7 nitrogen and oxygen atoms in total. The van der Waals surface area contributed by atoms with Crippen LogP contribution in [0.5, 0.6) is 0 Å². The number of aromatic nitrogens is 1. The van der Waals surface area contributed by atoms with Gasteiger partial charge in [-0.05, 0) is 18.1 Å². The molecule has 0 fully saturated rings. The second-order valence-corrected chi connectivity index (χ2v) is 8.59. The van der Waals surface area contributed by atoms with Crippen LogP contribution in [0.1, 0.15) is 31.4 Å². The Morgan fingerprint density at radius 3 is 2.41 bits per heavy atom. The fourth-order valence-electron chi connectivity index (χ4n) is 2.69. The highest BCUT2D eigenvalue weighted by Gasteiger charge is 2.19. The van der Waals surface area contributed by atoms with E-state index in [1.165, 1.54) is 26.4 Å². The van der Waals surface area contributed by atoms with Gasteiger partial charge in [0.25, 0.3) is 5.56 Å². The molecule has 1 aromatic heterocycles. The average molecular weight is 391 g/mol. The summed E-state index contributed by atoms with van der Waals surface area (Å²) in [5, 5.41) is 2.93. The van der Waals surface area contributed by atoms with Gasteiger partial charge in [-0.15, -0.1) is 0 Å². The van der Waals surface area contributed by atoms with Crippen LogP contribution in [0.15, 0.2) is 58.4 Å². The number of amides is 1. The van der Waals surface area contributed by atoms with Crippen LogP contribution in [-0.2, 0) is 21.4 Å². The first-order valence-electron chi connectivity index (χ1n) is 8.73. The van der Waals surface area contributed by atoms with Crippen molar-refractivity contribution in [2.24, 2.45) is 0 Å². The van der Waals surface area contributed by atoms with Crippen LogP contribution in [0.2, 0.25) is 0 Å². The maximum atomic E-state index is 12.5. The van der Waals surface area contributed by atoms with E-state index in [-0.39, 0.29) is 23.4 Å². The molecular formula is C19H25N3O4S. The number of hydrogen-bond donors (Lipinski definition) is 1. The van der Waals surface area contributed by atoms with Crippen molar-refractivity contribution in [3.05, 3.63) is 64.6 Å². The number of benzene rings is 1. The van der Waals surface area contributed by atoms with Crippen molar-refractivity contribution in [3.63, 3.8) is 0 Å². The molecule has 2 aromatic rings. The first-order chi connectivity index (χ1) is 12.8.